The van der Waals surface area contributed by atoms with Gasteiger partial charge in [-0.05, 0) is 32.1 Å². The first-order valence-electron chi connectivity index (χ1n) is 9.34. The number of hydrogen-bond acceptors (Lipinski definition) is 2. The number of nitrogens with one attached hydrogen (secondary N) is 1. The van der Waals surface area contributed by atoms with Crippen molar-refractivity contribution in [1.29, 1.82) is 0 Å². The van der Waals surface area contributed by atoms with Crippen molar-refractivity contribution in [1.82, 2.24) is 10.2 Å². The third-order valence-electron chi connectivity index (χ3n) is 6.14. The highest BCUT2D eigenvalue weighted by Crippen LogP contribution is 2.36. The third kappa shape index (κ3) is 3.22. The summed E-state index contributed by atoms with van der Waals surface area (Å²) in [5.74, 6) is 0. The van der Waals surface area contributed by atoms with Crippen molar-refractivity contribution in [2.75, 3.05) is 13.1 Å². The Bertz CT molecular complexity index is 288. The molecule has 0 aromatic carbocycles. The maximum absolute atomic E-state index is 3.97. The summed E-state index contributed by atoms with van der Waals surface area (Å²) < 4.78 is 0. The second kappa shape index (κ2) is 6.79. The molecule has 1 spiro atoms. The molecule has 0 aromatic rings. The number of rotatable bonds is 3. The van der Waals surface area contributed by atoms with Crippen LogP contribution in [0.25, 0.3) is 0 Å². The Hall–Kier alpha value is -0.0800. The first kappa shape index (κ1) is 14.8. The van der Waals surface area contributed by atoms with Gasteiger partial charge in [-0.3, -0.25) is 4.90 Å². The van der Waals surface area contributed by atoms with Crippen LogP contribution in [0.1, 0.15) is 84.0 Å². The lowest BCUT2D eigenvalue weighted by molar-refractivity contribution is 0.0325. The molecule has 1 N–H and O–H groups in total. The lowest BCUT2D eigenvalue weighted by Gasteiger charge is -2.49. The van der Waals surface area contributed by atoms with Gasteiger partial charge in [-0.25, -0.2) is 0 Å². The molecule has 3 aliphatic rings. The molecule has 20 heavy (non-hydrogen) atoms. The Balaban J connectivity index is 1.70. The average molecular weight is 278 g/mol. The van der Waals surface area contributed by atoms with E-state index in [1.54, 1.807) is 0 Å². The van der Waals surface area contributed by atoms with E-state index in [0.717, 1.165) is 12.1 Å². The maximum atomic E-state index is 3.97. The SMILES string of the molecule is CCCC1CNC2(CCCC2)CN1C1CCCCCC1. The van der Waals surface area contributed by atoms with Gasteiger partial charge in [0.2, 0.25) is 0 Å². The van der Waals surface area contributed by atoms with Crippen LogP contribution >= 0.6 is 0 Å². The van der Waals surface area contributed by atoms with Crippen molar-refractivity contribution in [3.63, 3.8) is 0 Å². The molecular weight excluding hydrogens is 244 g/mol. The van der Waals surface area contributed by atoms with Crippen LogP contribution in [0.5, 0.6) is 0 Å². The minimum atomic E-state index is 0.497. The summed E-state index contributed by atoms with van der Waals surface area (Å²) in [6.07, 6.45) is 17.3. The van der Waals surface area contributed by atoms with Crippen LogP contribution < -0.4 is 5.32 Å². The zero-order chi connectivity index (χ0) is 13.8. The molecule has 2 heteroatoms. The summed E-state index contributed by atoms with van der Waals surface area (Å²) in [5.41, 5.74) is 0.497. The predicted molar refractivity (Wildman–Crippen MR) is 86.1 cm³/mol. The van der Waals surface area contributed by atoms with Gasteiger partial charge in [0.25, 0.3) is 0 Å². The van der Waals surface area contributed by atoms with Gasteiger partial charge in [0.15, 0.2) is 0 Å². The van der Waals surface area contributed by atoms with Crippen molar-refractivity contribution < 1.29 is 0 Å². The topological polar surface area (TPSA) is 15.3 Å². The Morgan fingerprint density at radius 2 is 1.70 bits per heavy atom. The molecule has 0 bridgehead atoms. The van der Waals surface area contributed by atoms with Crippen LogP contribution in [0.4, 0.5) is 0 Å². The lowest BCUT2D eigenvalue weighted by Crippen LogP contribution is -2.65. The normalized spacial score (nSPS) is 32.5. The molecule has 2 nitrogen and oxygen atoms in total. The van der Waals surface area contributed by atoms with E-state index in [1.165, 1.54) is 90.1 Å². The third-order valence-corrected chi connectivity index (χ3v) is 6.14. The van der Waals surface area contributed by atoms with Gasteiger partial charge in [-0.2, -0.15) is 0 Å². The molecule has 116 valence electrons. The van der Waals surface area contributed by atoms with E-state index in [4.69, 9.17) is 0 Å². The van der Waals surface area contributed by atoms with Gasteiger partial charge in [0, 0.05) is 30.7 Å². The van der Waals surface area contributed by atoms with Crippen molar-refractivity contribution in [3.05, 3.63) is 0 Å². The fourth-order valence-electron chi connectivity index (χ4n) is 4.99. The van der Waals surface area contributed by atoms with Crippen molar-refractivity contribution in [3.8, 4) is 0 Å². The first-order valence-corrected chi connectivity index (χ1v) is 9.34. The molecule has 1 unspecified atom stereocenters. The van der Waals surface area contributed by atoms with E-state index >= 15 is 0 Å². The number of piperazine rings is 1. The minimum Gasteiger partial charge on any atom is -0.308 e. The fraction of sp³-hybridized carbons (Fsp3) is 1.00. The standard InChI is InChI=1S/C18H34N2/c1-2-9-17-14-19-18(12-7-8-13-18)15-20(17)16-10-5-3-4-6-11-16/h16-17,19H,2-15H2,1H3. The zero-order valence-corrected chi connectivity index (χ0v) is 13.5. The quantitative estimate of drug-likeness (QED) is 0.782. The van der Waals surface area contributed by atoms with E-state index < -0.39 is 0 Å². The lowest BCUT2D eigenvalue weighted by atomic mass is 9.89. The van der Waals surface area contributed by atoms with Crippen LogP contribution in [0.2, 0.25) is 0 Å². The molecule has 3 fully saturated rings. The summed E-state index contributed by atoms with van der Waals surface area (Å²) in [6.45, 7) is 4.96. The number of nitrogens with zero attached hydrogens (tertiary/aromatic N) is 1. The zero-order valence-electron chi connectivity index (χ0n) is 13.5. The summed E-state index contributed by atoms with van der Waals surface area (Å²) in [7, 11) is 0. The van der Waals surface area contributed by atoms with E-state index in [2.05, 4.69) is 17.1 Å². The molecule has 1 atom stereocenters. The first-order chi connectivity index (χ1) is 9.83. The van der Waals surface area contributed by atoms with Gasteiger partial charge in [-0.1, -0.05) is 51.9 Å². The summed E-state index contributed by atoms with van der Waals surface area (Å²) in [6, 6.07) is 1.71. The smallest absolute Gasteiger partial charge is 0.0309 e. The Morgan fingerprint density at radius 1 is 1.00 bits per heavy atom. The van der Waals surface area contributed by atoms with Crippen molar-refractivity contribution in [2.24, 2.45) is 0 Å². The van der Waals surface area contributed by atoms with Crippen molar-refractivity contribution in [2.45, 2.75) is 102 Å². The van der Waals surface area contributed by atoms with Crippen LogP contribution in [-0.2, 0) is 0 Å². The summed E-state index contributed by atoms with van der Waals surface area (Å²) in [4.78, 5) is 2.97. The van der Waals surface area contributed by atoms with E-state index in [1.807, 2.05) is 0 Å². The van der Waals surface area contributed by atoms with Crippen LogP contribution in [-0.4, -0.2) is 35.6 Å². The second-order valence-corrected chi connectivity index (χ2v) is 7.63. The fourth-order valence-corrected chi connectivity index (χ4v) is 4.99. The van der Waals surface area contributed by atoms with Gasteiger partial charge in [0.1, 0.15) is 0 Å². The minimum absolute atomic E-state index is 0.497. The molecule has 0 radical (unpaired) electrons. The van der Waals surface area contributed by atoms with Gasteiger partial charge < -0.3 is 5.32 Å². The Kier molecular flexibility index (Phi) is 5.04. The van der Waals surface area contributed by atoms with Gasteiger partial charge in [0.05, 0.1) is 0 Å². The summed E-state index contributed by atoms with van der Waals surface area (Å²) in [5, 5.41) is 3.97. The highest BCUT2D eigenvalue weighted by atomic mass is 15.3. The maximum Gasteiger partial charge on any atom is 0.0309 e. The van der Waals surface area contributed by atoms with E-state index in [-0.39, 0.29) is 0 Å². The average Bonchev–Trinajstić information content (AvgIpc) is 2.75. The molecule has 2 aliphatic carbocycles. The molecule has 1 saturated heterocycles. The predicted octanol–water partition coefficient (Wildman–Crippen LogP) is 4.10. The Labute approximate surface area is 125 Å². The van der Waals surface area contributed by atoms with E-state index in [9.17, 15) is 0 Å². The molecular formula is C18H34N2. The number of hydrogen-bond donors (Lipinski definition) is 1. The highest BCUT2D eigenvalue weighted by Gasteiger charge is 2.42. The Morgan fingerprint density at radius 3 is 2.35 bits per heavy atom. The molecule has 0 aromatic heterocycles. The molecule has 1 heterocycles. The highest BCUT2D eigenvalue weighted by molar-refractivity contribution is 5.02. The van der Waals surface area contributed by atoms with Crippen LogP contribution in [0, 0.1) is 0 Å². The monoisotopic (exact) mass is 278 g/mol. The summed E-state index contributed by atoms with van der Waals surface area (Å²) >= 11 is 0. The molecule has 2 saturated carbocycles. The van der Waals surface area contributed by atoms with Crippen LogP contribution in [0.3, 0.4) is 0 Å². The van der Waals surface area contributed by atoms with Crippen LogP contribution in [0.15, 0.2) is 0 Å². The largest absolute Gasteiger partial charge is 0.308 e. The van der Waals surface area contributed by atoms with Gasteiger partial charge >= 0.3 is 0 Å². The van der Waals surface area contributed by atoms with E-state index in [0.29, 0.717) is 5.54 Å². The van der Waals surface area contributed by atoms with Gasteiger partial charge in [-0.15, -0.1) is 0 Å². The second-order valence-electron chi connectivity index (χ2n) is 7.63. The van der Waals surface area contributed by atoms with Crippen molar-refractivity contribution >= 4 is 0 Å². The molecule has 0 amide bonds. The molecule has 3 rings (SSSR count). The molecule has 1 aliphatic heterocycles.